The summed E-state index contributed by atoms with van der Waals surface area (Å²) in [5.41, 5.74) is 3.13. The number of ether oxygens (including phenoxy) is 1. The lowest BCUT2D eigenvalue weighted by atomic mass is 10.0. The number of hydrogen-bond acceptors (Lipinski definition) is 3. The van der Waals surface area contributed by atoms with Gasteiger partial charge in [0.05, 0.1) is 7.11 Å². The van der Waals surface area contributed by atoms with Gasteiger partial charge in [-0.3, -0.25) is 4.79 Å². The first-order chi connectivity index (χ1) is 13.1. The number of methoxy groups -OCH3 is 1. The fourth-order valence-corrected chi connectivity index (χ4v) is 3.74. The number of rotatable bonds is 6. The number of esters is 1. The second kappa shape index (κ2) is 8.89. The lowest BCUT2D eigenvalue weighted by Crippen LogP contribution is -2.39. The molecule has 1 aliphatic heterocycles. The first-order valence-electron chi connectivity index (χ1n) is 9.67. The van der Waals surface area contributed by atoms with E-state index in [1.165, 1.54) is 18.2 Å². The Kier molecular flexibility index (Phi) is 6.32. The average Bonchev–Trinajstić information content (AvgIpc) is 3.19. The maximum Gasteiger partial charge on any atom is 0.354 e. The van der Waals surface area contributed by atoms with E-state index in [1.807, 2.05) is 21.7 Å². The van der Waals surface area contributed by atoms with E-state index in [2.05, 4.69) is 31.2 Å². The van der Waals surface area contributed by atoms with Crippen molar-refractivity contribution in [3.8, 4) is 0 Å². The maximum atomic E-state index is 12.5. The van der Waals surface area contributed by atoms with Crippen LogP contribution in [0.3, 0.4) is 0 Å². The second-order valence-electron chi connectivity index (χ2n) is 7.24. The first-order valence-corrected chi connectivity index (χ1v) is 9.67. The van der Waals surface area contributed by atoms with Crippen LogP contribution >= 0.6 is 0 Å². The van der Waals surface area contributed by atoms with E-state index in [1.54, 1.807) is 6.07 Å². The van der Waals surface area contributed by atoms with Crippen LogP contribution < -0.4 is 0 Å². The monoisotopic (exact) mass is 368 g/mol. The highest BCUT2D eigenvalue weighted by Crippen LogP contribution is 2.25. The van der Waals surface area contributed by atoms with Crippen LogP contribution in [-0.4, -0.2) is 41.5 Å². The molecule has 0 bridgehead atoms. The molecule has 1 saturated heterocycles. The Labute approximate surface area is 160 Å². The van der Waals surface area contributed by atoms with Crippen LogP contribution in [-0.2, 0) is 16.0 Å². The number of carbonyl (C=O) groups is 2. The molecule has 0 unspecified atom stereocenters. The van der Waals surface area contributed by atoms with Gasteiger partial charge in [-0.05, 0) is 50.3 Å². The molecule has 0 spiro atoms. The van der Waals surface area contributed by atoms with Gasteiger partial charge in [0.2, 0.25) is 5.91 Å². The van der Waals surface area contributed by atoms with Gasteiger partial charge in [-0.1, -0.05) is 29.8 Å². The summed E-state index contributed by atoms with van der Waals surface area (Å²) in [5, 5.41) is 0. The first kappa shape index (κ1) is 19.2. The van der Waals surface area contributed by atoms with Crippen LogP contribution in [0.15, 0.2) is 42.6 Å². The zero-order valence-electron chi connectivity index (χ0n) is 16.2. The number of nitrogens with zero attached hydrogens (tertiary/aromatic N) is 2. The molecular formula is C22H28N2O3. The summed E-state index contributed by atoms with van der Waals surface area (Å²) in [5.74, 6) is -0.0733. The standard InChI is InChI=1S/C22H28N2O3/c1-17-8-10-18(11-9-17)5-3-7-21(25)23-15-12-19(13-16-23)24-14-4-6-20(24)22(26)27-2/h4,6,8-11,14,19H,3,5,7,12-13,15-16H2,1-2H3. The highest BCUT2D eigenvalue weighted by molar-refractivity contribution is 5.87. The van der Waals surface area contributed by atoms with E-state index in [-0.39, 0.29) is 17.9 Å². The van der Waals surface area contributed by atoms with E-state index >= 15 is 0 Å². The topological polar surface area (TPSA) is 51.5 Å². The molecule has 1 amide bonds. The Morgan fingerprint density at radius 1 is 1.11 bits per heavy atom. The highest BCUT2D eigenvalue weighted by Gasteiger charge is 2.25. The minimum atomic E-state index is -0.311. The predicted octanol–water partition coefficient (Wildman–Crippen LogP) is 3.77. The number of aryl methyl sites for hydroxylation is 2. The fourth-order valence-electron chi connectivity index (χ4n) is 3.74. The Hall–Kier alpha value is -2.56. The van der Waals surface area contributed by atoms with Crippen LogP contribution in [0.25, 0.3) is 0 Å². The molecule has 0 radical (unpaired) electrons. The summed E-state index contributed by atoms with van der Waals surface area (Å²) in [7, 11) is 1.40. The van der Waals surface area contributed by atoms with Gasteiger partial charge >= 0.3 is 5.97 Å². The van der Waals surface area contributed by atoms with Gasteiger partial charge < -0.3 is 14.2 Å². The summed E-state index contributed by atoms with van der Waals surface area (Å²) in [6, 6.07) is 12.4. The second-order valence-corrected chi connectivity index (χ2v) is 7.24. The van der Waals surface area contributed by atoms with Crippen LogP contribution in [0.1, 0.15) is 53.3 Å². The molecule has 2 heterocycles. The Balaban J connectivity index is 1.46. The number of carbonyl (C=O) groups excluding carboxylic acids is 2. The molecule has 144 valence electrons. The van der Waals surface area contributed by atoms with Gasteiger partial charge in [0, 0.05) is 31.7 Å². The van der Waals surface area contributed by atoms with Crippen molar-refractivity contribution in [2.75, 3.05) is 20.2 Å². The minimum absolute atomic E-state index is 0.237. The van der Waals surface area contributed by atoms with E-state index in [4.69, 9.17) is 4.74 Å². The summed E-state index contributed by atoms with van der Waals surface area (Å²) in [6.45, 7) is 3.57. The number of aromatic nitrogens is 1. The summed E-state index contributed by atoms with van der Waals surface area (Å²) >= 11 is 0. The number of piperidine rings is 1. The predicted molar refractivity (Wildman–Crippen MR) is 105 cm³/mol. The van der Waals surface area contributed by atoms with E-state index in [9.17, 15) is 9.59 Å². The normalized spacial score (nSPS) is 15.0. The Morgan fingerprint density at radius 2 is 1.81 bits per heavy atom. The van der Waals surface area contributed by atoms with Crippen molar-refractivity contribution >= 4 is 11.9 Å². The van der Waals surface area contributed by atoms with Crippen molar-refractivity contribution in [3.63, 3.8) is 0 Å². The maximum absolute atomic E-state index is 12.5. The van der Waals surface area contributed by atoms with Gasteiger partial charge in [-0.15, -0.1) is 0 Å². The number of likely N-dealkylation sites (tertiary alicyclic amines) is 1. The third-order valence-corrected chi connectivity index (χ3v) is 5.36. The third kappa shape index (κ3) is 4.79. The lowest BCUT2D eigenvalue weighted by molar-refractivity contribution is -0.132. The Bertz CT molecular complexity index is 771. The molecule has 1 aromatic heterocycles. The number of amides is 1. The smallest absolute Gasteiger partial charge is 0.354 e. The average molecular weight is 368 g/mol. The van der Waals surface area contributed by atoms with E-state index in [0.717, 1.165) is 38.8 Å². The van der Waals surface area contributed by atoms with Crippen molar-refractivity contribution in [3.05, 3.63) is 59.4 Å². The van der Waals surface area contributed by atoms with Gasteiger partial charge in [-0.25, -0.2) is 4.79 Å². The molecule has 1 fully saturated rings. The highest BCUT2D eigenvalue weighted by atomic mass is 16.5. The third-order valence-electron chi connectivity index (χ3n) is 5.36. The fraction of sp³-hybridized carbons (Fsp3) is 0.455. The molecule has 5 heteroatoms. The molecule has 0 atom stereocenters. The van der Waals surface area contributed by atoms with Crippen molar-refractivity contribution in [2.24, 2.45) is 0 Å². The van der Waals surface area contributed by atoms with Crippen LogP contribution in [0.5, 0.6) is 0 Å². The van der Waals surface area contributed by atoms with Gasteiger partial charge in [0.15, 0.2) is 0 Å². The molecule has 1 aliphatic rings. The van der Waals surface area contributed by atoms with E-state index < -0.39 is 0 Å². The number of benzene rings is 1. The molecular weight excluding hydrogens is 340 g/mol. The zero-order chi connectivity index (χ0) is 19.2. The molecule has 2 aromatic rings. The van der Waals surface area contributed by atoms with Crippen LogP contribution in [0.4, 0.5) is 0 Å². The quantitative estimate of drug-likeness (QED) is 0.730. The summed E-state index contributed by atoms with van der Waals surface area (Å²) in [4.78, 5) is 26.3. The zero-order valence-corrected chi connectivity index (χ0v) is 16.2. The summed E-state index contributed by atoms with van der Waals surface area (Å²) in [6.07, 6.45) is 6.07. The summed E-state index contributed by atoms with van der Waals surface area (Å²) < 4.78 is 6.84. The van der Waals surface area contributed by atoms with E-state index in [0.29, 0.717) is 12.1 Å². The molecule has 5 nitrogen and oxygen atoms in total. The Morgan fingerprint density at radius 3 is 2.48 bits per heavy atom. The van der Waals surface area contributed by atoms with Crippen molar-refractivity contribution in [1.29, 1.82) is 0 Å². The minimum Gasteiger partial charge on any atom is -0.464 e. The number of hydrogen-bond donors (Lipinski definition) is 0. The van der Waals surface area contributed by atoms with Gasteiger partial charge in [0.1, 0.15) is 5.69 Å². The van der Waals surface area contributed by atoms with Gasteiger partial charge in [0.25, 0.3) is 0 Å². The molecule has 27 heavy (non-hydrogen) atoms. The molecule has 0 aliphatic carbocycles. The van der Waals surface area contributed by atoms with Crippen molar-refractivity contribution in [2.45, 2.75) is 45.1 Å². The van der Waals surface area contributed by atoms with Crippen LogP contribution in [0, 0.1) is 6.92 Å². The molecule has 0 N–H and O–H groups in total. The van der Waals surface area contributed by atoms with Crippen molar-refractivity contribution < 1.29 is 14.3 Å². The largest absolute Gasteiger partial charge is 0.464 e. The van der Waals surface area contributed by atoms with Crippen molar-refractivity contribution in [1.82, 2.24) is 9.47 Å². The molecule has 3 rings (SSSR count). The van der Waals surface area contributed by atoms with Crippen LogP contribution in [0.2, 0.25) is 0 Å². The molecule has 1 aromatic carbocycles. The van der Waals surface area contributed by atoms with Gasteiger partial charge in [-0.2, -0.15) is 0 Å². The SMILES string of the molecule is COC(=O)c1cccn1C1CCN(C(=O)CCCc2ccc(C)cc2)CC1. The molecule has 0 saturated carbocycles. The lowest BCUT2D eigenvalue weighted by Gasteiger charge is -2.33.